The SMILES string of the molecule is COCCCCC(CO)CC(C)C. The van der Waals surface area contributed by atoms with E-state index < -0.39 is 0 Å². The summed E-state index contributed by atoms with van der Waals surface area (Å²) in [5.41, 5.74) is 0. The fourth-order valence-electron chi connectivity index (χ4n) is 1.63. The number of methoxy groups -OCH3 is 1. The Kier molecular flexibility index (Phi) is 8.46. The third kappa shape index (κ3) is 8.26. The second-order valence-corrected chi connectivity index (χ2v) is 4.17. The molecule has 0 amide bonds. The molecule has 1 N–H and O–H groups in total. The molecule has 0 aliphatic rings. The van der Waals surface area contributed by atoms with Gasteiger partial charge < -0.3 is 9.84 Å². The molecule has 0 saturated heterocycles. The van der Waals surface area contributed by atoms with Gasteiger partial charge in [0.25, 0.3) is 0 Å². The van der Waals surface area contributed by atoms with Gasteiger partial charge in [0.2, 0.25) is 0 Å². The van der Waals surface area contributed by atoms with E-state index in [4.69, 9.17) is 9.84 Å². The Morgan fingerprint density at radius 1 is 1.23 bits per heavy atom. The standard InChI is InChI=1S/C11H24O2/c1-10(2)8-11(9-12)6-4-5-7-13-3/h10-12H,4-9H2,1-3H3. The second kappa shape index (κ2) is 8.52. The summed E-state index contributed by atoms with van der Waals surface area (Å²) in [5.74, 6) is 1.19. The van der Waals surface area contributed by atoms with Crippen LogP contribution in [0, 0.1) is 11.8 Å². The zero-order chi connectivity index (χ0) is 10.1. The van der Waals surface area contributed by atoms with Crippen LogP contribution >= 0.6 is 0 Å². The van der Waals surface area contributed by atoms with Gasteiger partial charge in [-0.3, -0.25) is 0 Å². The predicted molar refractivity (Wildman–Crippen MR) is 55.8 cm³/mol. The number of aliphatic hydroxyl groups is 1. The lowest BCUT2D eigenvalue weighted by Gasteiger charge is -2.15. The van der Waals surface area contributed by atoms with Gasteiger partial charge >= 0.3 is 0 Å². The van der Waals surface area contributed by atoms with E-state index in [9.17, 15) is 0 Å². The lowest BCUT2D eigenvalue weighted by atomic mass is 9.93. The minimum absolute atomic E-state index is 0.338. The maximum atomic E-state index is 9.10. The van der Waals surface area contributed by atoms with Gasteiger partial charge in [-0.25, -0.2) is 0 Å². The quantitative estimate of drug-likeness (QED) is 0.593. The fourth-order valence-corrected chi connectivity index (χ4v) is 1.63. The molecule has 2 heteroatoms. The number of rotatable bonds is 8. The highest BCUT2D eigenvalue weighted by molar-refractivity contribution is 4.60. The lowest BCUT2D eigenvalue weighted by molar-refractivity contribution is 0.173. The van der Waals surface area contributed by atoms with Gasteiger partial charge in [-0.1, -0.05) is 20.3 Å². The van der Waals surface area contributed by atoms with E-state index in [2.05, 4.69) is 13.8 Å². The van der Waals surface area contributed by atoms with Crippen LogP contribution in [0.5, 0.6) is 0 Å². The molecule has 13 heavy (non-hydrogen) atoms. The van der Waals surface area contributed by atoms with Gasteiger partial charge in [-0.05, 0) is 31.1 Å². The Bertz CT molecular complexity index is 102. The van der Waals surface area contributed by atoms with Crippen LogP contribution in [0.25, 0.3) is 0 Å². The number of hydrogen-bond acceptors (Lipinski definition) is 2. The van der Waals surface area contributed by atoms with E-state index in [1.165, 1.54) is 6.42 Å². The average Bonchev–Trinajstić information content (AvgIpc) is 2.09. The summed E-state index contributed by atoms with van der Waals surface area (Å²) in [6.07, 6.45) is 4.57. The van der Waals surface area contributed by atoms with E-state index in [1.807, 2.05) is 0 Å². The van der Waals surface area contributed by atoms with Crippen molar-refractivity contribution in [2.24, 2.45) is 11.8 Å². The van der Waals surface area contributed by atoms with Crippen molar-refractivity contribution >= 4 is 0 Å². The lowest BCUT2D eigenvalue weighted by Crippen LogP contribution is -2.09. The second-order valence-electron chi connectivity index (χ2n) is 4.17. The van der Waals surface area contributed by atoms with E-state index >= 15 is 0 Å². The normalized spacial score (nSPS) is 13.6. The predicted octanol–water partition coefficient (Wildman–Crippen LogP) is 2.46. The molecule has 0 fully saturated rings. The van der Waals surface area contributed by atoms with E-state index in [-0.39, 0.29) is 0 Å². The van der Waals surface area contributed by atoms with Gasteiger partial charge in [0, 0.05) is 20.3 Å². The molecule has 0 spiro atoms. The first-order chi connectivity index (χ1) is 6.20. The van der Waals surface area contributed by atoms with Crippen LogP contribution in [0.4, 0.5) is 0 Å². The highest BCUT2D eigenvalue weighted by Gasteiger charge is 2.08. The van der Waals surface area contributed by atoms with Crippen LogP contribution in [0.15, 0.2) is 0 Å². The van der Waals surface area contributed by atoms with Crippen LogP contribution in [-0.2, 0) is 4.74 Å². The largest absolute Gasteiger partial charge is 0.396 e. The molecule has 0 aliphatic carbocycles. The molecule has 1 unspecified atom stereocenters. The van der Waals surface area contributed by atoms with E-state index in [0.717, 1.165) is 25.9 Å². The zero-order valence-corrected chi connectivity index (χ0v) is 9.25. The summed E-state index contributed by atoms with van der Waals surface area (Å²) < 4.78 is 4.98. The van der Waals surface area contributed by atoms with Gasteiger partial charge in [0.15, 0.2) is 0 Å². The minimum atomic E-state index is 0.338. The topological polar surface area (TPSA) is 29.5 Å². The number of hydrogen-bond donors (Lipinski definition) is 1. The molecular formula is C11H24O2. The van der Waals surface area contributed by atoms with Crippen molar-refractivity contribution in [3.63, 3.8) is 0 Å². The Balaban J connectivity index is 3.36. The molecule has 0 aliphatic heterocycles. The first-order valence-electron chi connectivity index (χ1n) is 5.30. The maximum absolute atomic E-state index is 9.10. The zero-order valence-electron chi connectivity index (χ0n) is 9.25. The molecule has 0 aromatic rings. The van der Waals surface area contributed by atoms with Gasteiger partial charge in [-0.2, -0.15) is 0 Å². The molecule has 2 nitrogen and oxygen atoms in total. The molecule has 80 valence electrons. The number of aliphatic hydroxyl groups excluding tert-OH is 1. The molecule has 1 atom stereocenters. The molecular weight excluding hydrogens is 164 g/mol. The first-order valence-corrected chi connectivity index (χ1v) is 5.30. The third-order valence-electron chi connectivity index (χ3n) is 2.27. The smallest absolute Gasteiger partial charge is 0.0462 e. The van der Waals surface area contributed by atoms with Crippen LogP contribution in [-0.4, -0.2) is 25.4 Å². The fraction of sp³-hybridized carbons (Fsp3) is 1.00. The highest BCUT2D eigenvalue weighted by Crippen LogP contribution is 2.17. The van der Waals surface area contributed by atoms with Crippen molar-refractivity contribution in [2.75, 3.05) is 20.3 Å². The average molecular weight is 188 g/mol. The summed E-state index contributed by atoms with van der Waals surface area (Å²) in [6.45, 7) is 5.60. The minimum Gasteiger partial charge on any atom is -0.396 e. The van der Waals surface area contributed by atoms with Crippen LogP contribution in [0.1, 0.15) is 39.5 Å². The van der Waals surface area contributed by atoms with Crippen LogP contribution in [0.3, 0.4) is 0 Å². The summed E-state index contributed by atoms with van der Waals surface area (Å²) in [7, 11) is 1.73. The summed E-state index contributed by atoms with van der Waals surface area (Å²) in [5, 5.41) is 9.10. The first kappa shape index (κ1) is 12.9. The third-order valence-corrected chi connectivity index (χ3v) is 2.27. The molecule has 0 radical (unpaired) electrons. The van der Waals surface area contributed by atoms with Gasteiger partial charge in [0.05, 0.1) is 0 Å². The number of ether oxygens (including phenoxy) is 1. The summed E-state index contributed by atoms with van der Waals surface area (Å²) in [6, 6.07) is 0. The van der Waals surface area contributed by atoms with Crippen molar-refractivity contribution in [2.45, 2.75) is 39.5 Å². The molecule has 0 aromatic carbocycles. The Hall–Kier alpha value is -0.0800. The van der Waals surface area contributed by atoms with Crippen molar-refractivity contribution in [1.82, 2.24) is 0 Å². The summed E-state index contributed by atoms with van der Waals surface area (Å²) >= 11 is 0. The van der Waals surface area contributed by atoms with Gasteiger partial charge in [-0.15, -0.1) is 0 Å². The Labute approximate surface area is 82.3 Å². The Morgan fingerprint density at radius 3 is 2.38 bits per heavy atom. The Morgan fingerprint density at radius 2 is 1.92 bits per heavy atom. The van der Waals surface area contributed by atoms with Crippen molar-refractivity contribution in [3.8, 4) is 0 Å². The van der Waals surface area contributed by atoms with Crippen LogP contribution in [0.2, 0.25) is 0 Å². The molecule has 0 rings (SSSR count). The summed E-state index contributed by atoms with van der Waals surface area (Å²) in [4.78, 5) is 0. The van der Waals surface area contributed by atoms with Crippen molar-refractivity contribution in [3.05, 3.63) is 0 Å². The van der Waals surface area contributed by atoms with E-state index in [0.29, 0.717) is 18.4 Å². The monoisotopic (exact) mass is 188 g/mol. The van der Waals surface area contributed by atoms with E-state index in [1.54, 1.807) is 7.11 Å². The number of unbranched alkanes of at least 4 members (excludes halogenated alkanes) is 1. The molecule has 0 bridgehead atoms. The van der Waals surface area contributed by atoms with Crippen LogP contribution < -0.4 is 0 Å². The van der Waals surface area contributed by atoms with Crippen molar-refractivity contribution in [1.29, 1.82) is 0 Å². The maximum Gasteiger partial charge on any atom is 0.0462 e. The highest BCUT2D eigenvalue weighted by atomic mass is 16.5. The van der Waals surface area contributed by atoms with Crippen molar-refractivity contribution < 1.29 is 9.84 Å². The molecule has 0 saturated carbocycles. The molecule has 0 heterocycles. The molecule has 0 aromatic heterocycles. The van der Waals surface area contributed by atoms with Gasteiger partial charge in [0.1, 0.15) is 0 Å².